The minimum atomic E-state index is -0.209. The summed E-state index contributed by atoms with van der Waals surface area (Å²) in [5.41, 5.74) is -0.209. The molecule has 84 valence electrons. The van der Waals surface area contributed by atoms with Crippen LogP contribution in [0.3, 0.4) is 0 Å². The lowest BCUT2D eigenvalue weighted by molar-refractivity contribution is -0.126. The molecule has 15 heavy (non-hydrogen) atoms. The van der Waals surface area contributed by atoms with E-state index in [9.17, 15) is 4.79 Å². The summed E-state index contributed by atoms with van der Waals surface area (Å²) in [4.78, 5) is 11.9. The predicted molar refractivity (Wildman–Crippen MR) is 64.7 cm³/mol. The quantitative estimate of drug-likeness (QED) is 0.666. The van der Waals surface area contributed by atoms with E-state index in [0.717, 1.165) is 25.7 Å². The van der Waals surface area contributed by atoms with Crippen molar-refractivity contribution in [3.05, 3.63) is 24.3 Å². The Morgan fingerprint density at radius 3 is 2.53 bits per heavy atom. The Labute approximate surface area is 93.3 Å². The molecule has 0 aliphatic heterocycles. The molecular weight excluding hydrogens is 184 g/mol. The molecule has 0 radical (unpaired) electrons. The van der Waals surface area contributed by atoms with Crippen molar-refractivity contribution in [3.8, 4) is 0 Å². The first-order valence-electron chi connectivity index (χ1n) is 6.02. The van der Waals surface area contributed by atoms with Crippen LogP contribution in [0.1, 0.15) is 46.5 Å². The summed E-state index contributed by atoms with van der Waals surface area (Å²) in [6.07, 6.45) is 12.6. The minimum Gasteiger partial charge on any atom is -0.299 e. The van der Waals surface area contributed by atoms with Gasteiger partial charge in [-0.2, -0.15) is 0 Å². The first kappa shape index (κ1) is 12.2. The van der Waals surface area contributed by atoms with Gasteiger partial charge >= 0.3 is 0 Å². The molecule has 2 atom stereocenters. The second-order valence-electron chi connectivity index (χ2n) is 4.48. The SMILES string of the molecule is CCCC(CC)C1(C(C)=O)C=CC=CC1. The van der Waals surface area contributed by atoms with E-state index >= 15 is 0 Å². The van der Waals surface area contributed by atoms with Crippen molar-refractivity contribution in [1.82, 2.24) is 0 Å². The fraction of sp³-hybridized carbons (Fsp3) is 0.643. The molecule has 0 fully saturated rings. The molecule has 0 N–H and O–H groups in total. The van der Waals surface area contributed by atoms with Gasteiger partial charge < -0.3 is 0 Å². The Balaban J connectivity index is 2.94. The van der Waals surface area contributed by atoms with Crippen molar-refractivity contribution in [1.29, 1.82) is 0 Å². The normalized spacial score (nSPS) is 26.6. The highest BCUT2D eigenvalue weighted by molar-refractivity contribution is 5.85. The first-order chi connectivity index (χ1) is 7.17. The van der Waals surface area contributed by atoms with Crippen molar-refractivity contribution in [2.45, 2.75) is 46.5 Å². The van der Waals surface area contributed by atoms with Gasteiger partial charge in [-0.25, -0.2) is 0 Å². The van der Waals surface area contributed by atoms with E-state index in [0.29, 0.717) is 11.7 Å². The van der Waals surface area contributed by atoms with Crippen molar-refractivity contribution >= 4 is 5.78 Å². The second-order valence-corrected chi connectivity index (χ2v) is 4.48. The predicted octanol–water partition coefficient (Wildman–Crippen LogP) is 3.90. The molecule has 1 heteroatoms. The number of rotatable bonds is 5. The Morgan fingerprint density at radius 1 is 1.40 bits per heavy atom. The standard InChI is InChI=1S/C14H22O/c1-4-9-13(5-2)14(12(3)15)10-7-6-8-11-14/h6-8,10,13H,4-5,9,11H2,1-3H3. The number of ketones is 1. The van der Waals surface area contributed by atoms with Gasteiger partial charge in [0.15, 0.2) is 0 Å². The van der Waals surface area contributed by atoms with Gasteiger partial charge in [-0.05, 0) is 25.7 Å². The molecule has 1 rings (SSSR count). The van der Waals surface area contributed by atoms with E-state index in [1.807, 2.05) is 12.2 Å². The highest BCUT2D eigenvalue weighted by atomic mass is 16.1. The minimum absolute atomic E-state index is 0.209. The molecule has 0 aromatic carbocycles. The summed E-state index contributed by atoms with van der Waals surface area (Å²) in [6, 6.07) is 0. The van der Waals surface area contributed by atoms with Crippen molar-refractivity contribution in [3.63, 3.8) is 0 Å². The van der Waals surface area contributed by atoms with Gasteiger partial charge in [-0.1, -0.05) is 51.0 Å². The molecule has 0 aromatic rings. The summed E-state index contributed by atoms with van der Waals surface area (Å²) < 4.78 is 0. The number of allylic oxidation sites excluding steroid dienone is 4. The first-order valence-corrected chi connectivity index (χ1v) is 6.02. The van der Waals surface area contributed by atoms with Crippen LogP contribution in [-0.2, 0) is 4.79 Å². The third-order valence-electron chi connectivity index (χ3n) is 3.61. The lowest BCUT2D eigenvalue weighted by Crippen LogP contribution is -2.35. The molecule has 0 spiro atoms. The highest BCUT2D eigenvalue weighted by Crippen LogP contribution is 2.41. The Bertz CT molecular complexity index is 275. The van der Waals surface area contributed by atoms with Crippen molar-refractivity contribution < 1.29 is 4.79 Å². The van der Waals surface area contributed by atoms with E-state index in [1.54, 1.807) is 6.92 Å². The number of Topliss-reactive ketones (excluding diaryl/α,β-unsaturated/α-hetero) is 1. The van der Waals surface area contributed by atoms with E-state index in [4.69, 9.17) is 0 Å². The van der Waals surface area contributed by atoms with Crippen LogP contribution in [0.15, 0.2) is 24.3 Å². The zero-order valence-electron chi connectivity index (χ0n) is 10.1. The zero-order chi connectivity index (χ0) is 11.3. The van der Waals surface area contributed by atoms with Gasteiger partial charge in [0, 0.05) is 0 Å². The lowest BCUT2D eigenvalue weighted by atomic mass is 9.66. The fourth-order valence-electron chi connectivity index (χ4n) is 2.66. The van der Waals surface area contributed by atoms with Gasteiger partial charge in [0.1, 0.15) is 5.78 Å². The summed E-state index contributed by atoms with van der Waals surface area (Å²) >= 11 is 0. The highest BCUT2D eigenvalue weighted by Gasteiger charge is 2.38. The van der Waals surface area contributed by atoms with E-state index in [-0.39, 0.29) is 5.41 Å². The molecule has 0 amide bonds. The Hall–Kier alpha value is -0.850. The second kappa shape index (κ2) is 5.29. The number of carbonyl (C=O) groups excluding carboxylic acids is 1. The van der Waals surface area contributed by atoms with Gasteiger partial charge in [-0.15, -0.1) is 0 Å². The smallest absolute Gasteiger partial charge is 0.140 e. The van der Waals surface area contributed by atoms with Crippen LogP contribution in [0.4, 0.5) is 0 Å². The summed E-state index contributed by atoms with van der Waals surface area (Å²) in [5, 5.41) is 0. The topological polar surface area (TPSA) is 17.1 Å². The molecule has 1 aliphatic carbocycles. The fourth-order valence-corrected chi connectivity index (χ4v) is 2.66. The molecule has 2 unspecified atom stereocenters. The van der Waals surface area contributed by atoms with Crippen LogP contribution < -0.4 is 0 Å². The molecule has 0 aromatic heterocycles. The lowest BCUT2D eigenvalue weighted by Gasteiger charge is -2.36. The van der Waals surface area contributed by atoms with Gasteiger partial charge in [0.2, 0.25) is 0 Å². The maximum absolute atomic E-state index is 11.9. The Kier molecular flexibility index (Phi) is 4.31. The van der Waals surface area contributed by atoms with Crippen LogP contribution in [0.2, 0.25) is 0 Å². The average molecular weight is 206 g/mol. The van der Waals surface area contributed by atoms with Crippen molar-refractivity contribution in [2.75, 3.05) is 0 Å². The van der Waals surface area contributed by atoms with Crippen LogP contribution in [-0.4, -0.2) is 5.78 Å². The van der Waals surface area contributed by atoms with E-state index < -0.39 is 0 Å². The number of carbonyl (C=O) groups is 1. The summed E-state index contributed by atoms with van der Waals surface area (Å²) in [5.74, 6) is 0.824. The van der Waals surface area contributed by atoms with Gasteiger partial charge in [0.25, 0.3) is 0 Å². The molecule has 0 saturated heterocycles. The third-order valence-corrected chi connectivity index (χ3v) is 3.61. The van der Waals surface area contributed by atoms with Crippen LogP contribution in [0.5, 0.6) is 0 Å². The van der Waals surface area contributed by atoms with Gasteiger partial charge in [0.05, 0.1) is 5.41 Å². The van der Waals surface area contributed by atoms with Crippen LogP contribution in [0, 0.1) is 11.3 Å². The monoisotopic (exact) mass is 206 g/mol. The molecule has 0 heterocycles. The largest absolute Gasteiger partial charge is 0.299 e. The molecule has 0 saturated carbocycles. The maximum Gasteiger partial charge on any atom is 0.140 e. The molecule has 1 aliphatic rings. The third kappa shape index (κ3) is 2.39. The summed E-state index contributed by atoms with van der Waals surface area (Å²) in [6.45, 7) is 6.12. The Morgan fingerprint density at radius 2 is 2.13 bits per heavy atom. The van der Waals surface area contributed by atoms with E-state index in [2.05, 4.69) is 26.0 Å². The summed E-state index contributed by atoms with van der Waals surface area (Å²) in [7, 11) is 0. The average Bonchev–Trinajstić information content (AvgIpc) is 2.26. The van der Waals surface area contributed by atoms with Crippen molar-refractivity contribution in [2.24, 2.45) is 11.3 Å². The van der Waals surface area contributed by atoms with Crippen LogP contribution in [0.25, 0.3) is 0 Å². The molecular formula is C14H22O. The molecule has 1 nitrogen and oxygen atoms in total. The maximum atomic E-state index is 11.9. The number of hydrogen-bond acceptors (Lipinski definition) is 1. The van der Waals surface area contributed by atoms with E-state index in [1.165, 1.54) is 0 Å². The van der Waals surface area contributed by atoms with Gasteiger partial charge in [-0.3, -0.25) is 4.79 Å². The molecule has 0 bridgehead atoms. The zero-order valence-corrected chi connectivity index (χ0v) is 10.1. The van der Waals surface area contributed by atoms with Crippen LogP contribution >= 0.6 is 0 Å². The number of hydrogen-bond donors (Lipinski definition) is 0.